The van der Waals surface area contributed by atoms with E-state index in [1.165, 1.54) is 43.5 Å². The summed E-state index contributed by atoms with van der Waals surface area (Å²) in [6, 6.07) is 2.00. The minimum Gasteiger partial charge on any atom is -0.463 e. The van der Waals surface area contributed by atoms with Gasteiger partial charge in [-0.2, -0.15) is 10.4 Å². The van der Waals surface area contributed by atoms with Gasteiger partial charge in [0.25, 0.3) is 0 Å². The van der Waals surface area contributed by atoms with Crippen molar-refractivity contribution < 1.29 is 33.3 Å². The molecule has 0 spiro atoms. The molecule has 3 rings (SSSR count). The lowest BCUT2D eigenvalue weighted by molar-refractivity contribution is -0.166. The van der Waals surface area contributed by atoms with Crippen LogP contribution in [0.15, 0.2) is 11.4 Å². The highest BCUT2D eigenvalue weighted by Gasteiger charge is 2.51. The normalized spacial score (nSPS) is 22.7. The number of carbonyl (C=O) groups excluding carboxylic acids is 3. The van der Waals surface area contributed by atoms with E-state index in [9.17, 15) is 19.6 Å². The number of esters is 3. The zero-order valence-electron chi connectivity index (χ0n) is 17.1. The topological polar surface area (TPSA) is 156 Å². The van der Waals surface area contributed by atoms with Gasteiger partial charge in [-0.1, -0.05) is 0 Å². The van der Waals surface area contributed by atoms with Crippen LogP contribution in [0, 0.1) is 11.3 Å². The fraction of sp³-hybridized carbons (Fsp3) is 0.500. The quantitative estimate of drug-likeness (QED) is 0.264. The SMILES string of the molecule is CSc1ncnc2c1c(C#N)nn2[C@@H]1O[C@H](COC(C)=O)[C@@H](OC(C)=O)[C@H]1OC(C)=O. The van der Waals surface area contributed by atoms with E-state index >= 15 is 0 Å². The van der Waals surface area contributed by atoms with Crippen LogP contribution in [0.1, 0.15) is 32.7 Å². The molecule has 0 unspecified atom stereocenters. The number of hydrogen-bond donors (Lipinski definition) is 0. The van der Waals surface area contributed by atoms with Crippen LogP contribution in [-0.4, -0.2) is 68.8 Å². The van der Waals surface area contributed by atoms with Crippen LogP contribution in [-0.2, 0) is 33.3 Å². The number of thioether (sulfide) groups is 1. The van der Waals surface area contributed by atoms with E-state index in [0.717, 1.165) is 0 Å². The van der Waals surface area contributed by atoms with Crippen LogP contribution in [0.25, 0.3) is 11.0 Å². The second kappa shape index (κ2) is 9.27. The van der Waals surface area contributed by atoms with Crippen molar-refractivity contribution in [1.29, 1.82) is 5.26 Å². The van der Waals surface area contributed by atoms with Crippen molar-refractivity contribution in [1.82, 2.24) is 19.7 Å². The molecule has 2 aromatic rings. The van der Waals surface area contributed by atoms with E-state index < -0.39 is 42.4 Å². The van der Waals surface area contributed by atoms with Gasteiger partial charge >= 0.3 is 17.9 Å². The Hall–Kier alpha value is -3.24. The standard InChI is InChI=1S/C18H19N5O7S/c1-8(24)27-6-12-14(28-9(2)25)15(29-10(3)26)18(30-12)23-16-13(11(5-19)22-23)17(31-4)21-7-20-16/h7,12,14-15,18H,6H2,1-4H3/t12-,14-,15-,18-/m1/s1. The Morgan fingerprint density at radius 2 is 1.84 bits per heavy atom. The summed E-state index contributed by atoms with van der Waals surface area (Å²) in [7, 11) is 0. The molecule has 4 atom stereocenters. The molecule has 0 aromatic carbocycles. The second-order valence-electron chi connectivity index (χ2n) is 6.50. The first-order chi connectivity index (χ1) is 14.8. The lowest BCUT2D eigenvalue weighted by Gasteiger charge is -2.23. The molecule has 0 bridgehead atoms. The molecule has 0 amide bonds. The molecule has 3 heterocycles. The van der Waals surface area contributed by atoms with Gasteiger partial charge in [-0.15, -0.1) is 11.8 Å². The summed E-state index contributed by atoms with van der Waals surface area (Å²) in [5, 5.41) is 14.8. The smallest absolute Gasteiger partial charge is 0.303 e. The maximum atomic E-state index is 11.8. The molecule has 1 aliphatic heterocycles. The fourth-order valence-electron chi connectivity index (χ4n) is 3.25. The predicted molar refractivity (Wildman–Crippen MR) is 103 cm³/mol. The van der Waals surface area contributed by atoms with E-state index in [1.54, 1.807) is 6.26 Å². The fourth-order valence-corrected chi connectivity index (χ4v) is 3.79. The first-order valence-corrected chi connectivity index (χ1v) is 10.3. The van der Waals surface area contributed by atoms with Crippen molar-refractivity contribution in [3.8, 4) is 6.07 Å². The Morgan fingerprint density at radius 1 is 1.16 bits per heavy atom. The number of fused-ring (bicyclic) bond motifs is 1. The summed E-state index contributed by atoms with van der Waals surface area (Å²) >= 11 is 1.31. The minimum atomic E-state index is -1.13. The number of hydrogen-bond acceptors (Lipinski definition) is 12. The number of aromatic nitrogens is 4. The van der Waals surface area contributed by atoms with Gasteiger partial charge in [-0.05, 0) is 6.26 Å². The lowest BCUT2D eigenvalue weighted by Crippen LogP contribution is -2.40. The summed E-state index contributed by atoms with van der Waals surface area (Å²) in [4.78, 5) is 43.1. The van der Waals surface area contributed by atoms with Crippen LogP contribution in [0.4, 0.5) is 0 Å². The van der Waals surface area contributed by atoms with Gasteiger partial charge in [0.2, 0.25) is 0 Å². The first kappa shape index (κ1) is 22.4. The lowest BCUT2D eigenvalue weighted by atomic mass is 10.1. The van der Waals surface area contributed by atoms with Gasteiger partial charge < -0.3 is 18.9 Å². The van der Waals surface area contributed by atoms with Crippen molar-refractivity contribution in [3.05, 3.63) is 12.0 Å². The predicted octanol–water partition coefficient (Wildman–Crippen LogP) is 0.744. The Balaban J connectivity index is 2.11. The van der Waals surface area contributed by atoms with Crippen molar-refractivity contribution in [2.45, 2.75) is 50.3 Å². The highest BCUT2D eigenvalue weighted by Crippen LogP contribution is 2.37. The number of carbonyl (C=O) groups is 3. The van der Waals surface area contributed by atoms with E-state index in [4.69, 9.17) is 18.9 Å². The zero-order valence-corrected chi connectivity index (χ0v) is 17.9. The average molecular weight is 449 g/mol. The maximum absolute atomic E-state index is 11.8. The van der Waals surface area contributed by atoms with Crippen LogP contribution >= 0.6 is 11.8 Å². The van der Waals surface area contributed by atoms with Crippen molar-refractivity contribution >= 4 is 40.7 Å². The van der Waals surface area contributed by atoms with Gasteiger partial charge in [-0.3, -0.25) is 14.4 Å². The average Bonchev–Trinajstić information content (AvgIpc) is 3.24. The summed E-state index contributed by atoms with van der Waals surface area (Å²) in [6.07, 6.45) is -1.18. The van der Waals surface area contributed by atoms with E-state index in [1.807, 2.05) is 6.07 Å². The van der Waals surface area contributed by atoms with Gasteiger partial charge in [0.15, 0.2) is 29.8 Å². The summed E-state index contributed by atoms with van der Waals surface area (Å²) in [5.41, 5.74) is 0.324. The Bertz CT molecular complexity index is 1070. The molecule has 0 saturated carbocycles. The van der Waals surface area contributed by atoms with Crippen LogP contribution in [0.2, 0.25) is 0 Å². The van der Waals surface area contributed by atoms with Crippen molar-refractivity contribution in [2.75, 3.05) is 12.9 Å². The molecule has 0 N–H and O–H groups in total. The monoisotopic (exact) mass is 449 g/mol. The van der Waals surface area contributed by atoms with Crippen molar-refractivity contribution in [3.63, 3.8) is 0 Å². The molecule has 1 saturated heterocycles. The Morgan fingerprint density at radius 3 is 2.42 bits per heavy atom. The molecule has 13 heteroatoms. The summed E-state index contributed by atoms with van der Waals surface area (Å²) in [5.74, 6) is -1.86. The minimum absolute atomic E-state index is 0.0533. The molecule has 164 valence electrons. The van der Waals surface area contributed by atoms with Crippen molar-refractivity contribution in [2.24, 2.45) is 0 Å². The molecule has 0 radical (unpaired) electrons. The third-order valence-corrected chi connectivity index (χ3v) is 5.03. The third kappa shape index (κ3) is 4.59. The Labute approximate surface area is 180 Å². The van der Waals surface area contributed by atoms with Crippen LogP contribution < -0.4 is 0 Å². The molecule has 1 fully saturated rings. The number of ether oxygens (including phenoxy) is 4. The molecule has 12 nitrogen and oxygen atoms in total. The first-order valence-electron chi connectivity index (χ1n) is 9.07. The second-order valence-corrected chi connectivity index (χ2v) is 7.30. The summed E-state index contributed by atoms with van der Waals surface area (Å²) in [6.45, 7) is 3.35. The number of rotatable bonds is 6. The molecule has 2 aromatic heterocycles. The molecule has 0 aliphatic carbocycles. The Kier molecular flexibility index (Phi) is 6.71. The van der Waals surface area contributed by atoms with Gasteiger partial charge in [-0.25, -0.2) is 14.6 Å². The molecule has 1 aliphatic rings. The van der Waals surface area contributed by atoms with Crippen LogP contribution in [0.5, 0.6) is 0 Å². The van der Waals surface area contributed by atoms with Gasteiger partial charge in [0.1, 0.15) is 30.1 Å². The number of nitrogens with zero attached hydrogens (tertiary/aromatic N) is 5. The van der Waals surface area contributed by atoms with E-state index in [2.05, 4.69) is 15.1 Å². The summed E-state index contributed by atoms with van der Waals surface area (Å²) < 4.78 is 23.0. The molecular weight excluding hydrogens is 430 g/mol. The van der Waals surface area contributed by atoms with Gasteiger partial charge in [0.05, 0.1) is 5.39 Å². The highest BCUT2D eigenvalue weighted by atomic mass is 32.2. The van der Waals surface area contributed by atoms with Crippen LogP contribution in [0.3, 0.4) is 0 Å². The maximum Gasteiger partial charge on any atom is 0.303 e. The highest BCUT2D eigenvalue weighted by molar-refractivity contribution is 7.98. The van der Waals surface area contributed by atoms with E-state index in [0.29, 0.717) is 10.4 Å². The zero-order chi connectivity index (χ0) is 22.7. The third-order valence-electron chi connectivity index (χ3n) is 4.33. The molecular formula is C18H19N5O7S. The van der Waals surface area contributed by atoms with Gasteiger partial charge in [0, 0.05) is 20.8 Å². The number of nitriles is 1. The molecule has 31 heavy (non-hydrogen) atoms. The van der Waals surface area contributed by atoms with E-state index in [-0.39, 0.29) is 17.9 Å². The largest absolute Gasteiger partial charge is 0.463 e.